The van der Waals surface area contributed by atoms with Crippen LogP contribution in [0.25, 0.3) is 0 Å². The summed E-state index contributed by atoms with van der Waals surface area (Å²) < 4.78 is 5.20. The second kappa shape index (κ2) is 10.9. The zero-order valence-corrected chi connectivity index (χ0v) is 17.7. The summed E-state index contributed by atoms with van der Waals surface area (Å²) in [5.74, 6) is 1.74. The van der Waals surface area contributed by atoms with E-state index < -0.39 is 0 Å². The van der Waals surface area contributed by atoms with Crippen LogP contribution in [0.3, 0.4) is 0 Å². The third-order valence-corrected chi connectivity index (χ3v) is 3.77. The fraction of sp³-hybridized carbons (Fsp3) is 0.368. The van der Waals surface area contributed by atoms with E-state index in [-0.39, 0.29) is 24.0 Å². The Morgan fingerprint density at radius 1 is 1.24 bits per heavy atom. The van der Waals surface area contributed by atoms with Crippen LogP contribution in [0.2, 0.25) is 0 Å². The Labute approximate surface area is 167 Å². The van der Waals surface area contributed by atoms with Gasteiger partial charge in [0.2, 0.25) is 0 Å². The smallest absolute Gasteiger partial charge is 0.194 e. The first-order valence-electron chi connectivity index (χ1n) is 8.17. The molecule has 1 aromatic carbocycles. The molecule has 0 spiro atoms. The van der Waals surface area contributed by atoms with Crippen molar-refractivity contribution in [3.63, 3.8) is 0 Å². The molecule has 0 saturated heterocycles. The molecule has 2 rings (SSSR count). The van der Waals surface area contributed by atoms with E-state index in [1.54, 1.807) is 7.11 Å². The fourth-order valence-electron chi connectivity index (χ4n) is 2.38. The number of guanidine groups is 1. The zero-order valence-electron chi connectivity index (χ0n) is 15.3. The third kappa shape index (κ3) is 6.53. The zero-order chi connectivity index (χ0) is 17.4. The second-order valence-electron chi connectivity index (χ2n) is 5.64. The van der Waals surface area contributed by atoms with Gasteiger partial charge in [-0.05, 0) is 43.2 Å². The predicted molar refractivity (Wildman–Crippen MR) is 114 cm³/mol. The van der Waals surface area contributed by atoms with E-state index in [2.05, 4.69) is 47.2 Å². The molecule has 0 aliphatic carbocycles. The number of benzene rings is 1. The van der Waals surface area contributed by atoms with Gasteiger partial charge in [-0.3, -0.25) is 4.98 Å². The van der Waals surface area contributed by atoms with E-state index >= 15 is 0 Å². The largest absolute Gasteiger partial charge is 0.497 e. The first kappa shape index (κ1) is 21.2. The van der Waals surface area contributed by atoms with Gasteiger partial charge < -0.3 is 15.0 Å². The molecule has 0 aliphatic heterocycles. The number of rotatable bonds is 6. The summed E-state index contributed by atoms with van der Waals surface area (Å²) in [5.41, 5.74) is 3.37. The van der Waals surface area contributed by atoms with Gasteiger partial charge in [0, 0.05) is 26.3 Å². The van der Waals surface area contributed by atoms with Gasteiger partial charge in [-0.2, -0.15) is 0 Å². The molecule has 6 heteroatoms. The average Bonchev–Trinajstić information content (AvgIpc) is 2.60. The Bertz CT molecular complexity index is 673. The van der Waals surface area contributed by atoms with Gasteiger partial charge in [-0.25, -0.2) is 4.99 Å². The molecular weight excluding hydrogens is 427 g/mol. The maximum Gasteiger partial charge on any atom is 0.194 e. The van der Waals surface area contributed by atoms with Gasteiger partial charge in [0.1, 0.15) is 5.75 Å². The molecule has 0 bridgehead atoms. The molecule has 2 aromatic rings. The number of methoxy groups -OCH3 is 1. The normalized spacial score (nSPS) is 10.8. The van der Waals surface area contributed by atoms with Gasteiger partial charge in [0.05, 0.1) is 19.3 Å². The van der Waals surface area contributed by atoms with Crippen molar-refractivity contribution in [3.8, 4) is 5.75 Å². The highest BCUT2D eigenvalue weighted by Gasteiger charge is 2.07. The number of aromatic nitrogens is 1. The van der Waals surface area contributed by atoms with E-state index in [4.69, 9.17) is 9.73 Å². The second-order valence-corrected chi connectivity index (χ2v) is 5.64. The highest BCUT2D eigenvalue weighted by atomic mass is 127. The summed E-state index contributed by atoms with van der Waals surface area (Å²) in [6.45, 7) is 6.31. The number of aliphatic imine (C=N–C) groups is 1. The number of ether oxygens (including phenoxy) is 1. The Hall–Kier alpha value is -1.83. The number of nitrogens with zero attached hydrogens (tertiary/aromatic N) is 3. The standard InChI is InChI=1S/C19H26N4O.HI/c1-5-20-19(22-13-18-15(2)7-6-12-21-18)23(3)14-16-8-10-17(24-4)11-9-16;/h6-12H,5,13-14H2,1-4H3,(H,20,22);1H. The molecule has 0 aliphatic rings. The fourth-order valence-corrected chi connectivity index (χ4v) is 2.38. The molecular formula is C19H27IN4O. The predicted octanol–water partition coefficient (Wildman–Crippen LogP) is 3.61. The van der Waals surface area contributed by atoms with E-state index in [0.717, 1.165) is 36.1 Å². The summed E-state index contributed by atoms with van der Waals surface area (Å²) in [6, 6.07) is 12.1. The molecule has 0 atom stereocenters. The molecule has 0 saturated carbocycles. The van der Waals surface area contributed by atoms with Crippen LogP contribution >= 0.6 is 24.0 Å². The van der Waals surface area contributed by atoms with Crippen LogP contribution in [-0.4, -0.2) is 36.5 Å². The Balaban J connectivity index is 0.00000312. The van der Waals surface area contributed by atoms with Gasteiger partial charge in [-0.15, -0.1) is 24.0 Å². The number of hydrogen-bond acceptors (Lipinski definition) is 3. The Morgan fingerprint density at radius 2 is 1.96 bits per heavy atom. The lowest BCUT2D eigenvalue weighted by molar-refractivity contribution is 0.414. The van der Waals surface area contributed by atoms with Crippen molar-refractivity contribution in [1.29, 1.82) is 0 Å². The van der Waals surface area contributed by atoms with Crippen molar-refractivity contribution in [2.24, 2.45) is 4.99 Å². The molecule has 25 heavy (non-hydrogen) atoms. The summed E-state index contributed by atoms with van der Waals surface area (Å²) in [6.07, 6.45) is 1.81. The van der Waals surface area contributed by atoms with Crippen LogP contribution < -0.4 is 10.1 Å². The van der Waals surface area contributed by atoms with Crippen molar-refractivity contribution < 1.29 is 4.74 Å². The van der Waals surface area contributed by atoms with Crippen molar-refractivity contribution in [2.45, 2.75) is 26.9 Å². The maximum absolute atomic E-state index is 5.20. The Morgan fingerprint density at radius 3 is 2.56 bits per heavy atom. The molecule has 1 N–H and O–H groups in total. The molecule has 1 heterocycles. The van der Waals surface area contributed by atoms with Crippen LogP contribution in [0.1, 0.15) is 23.7 Å². The maximum atomic E-state index is 5.20. The van der Waals surface area contributed by atoms with E-state index in [1.165, 1.54) is 5.56 Å². The summed E-state index contributed by atoms with van der Waals surface area (Å²) >= 11 is 0. The average molecular weight is 454 g/mol. The van der Waals surface area contributed by atoms with E-state index in [9.17, 15) is 0 Å². The van der Waals surface area contributed by atoms with Crippen LogP contribution in [0.15, 0.2) is 47.6 Å². The van der Waals surface area contributed by atoms with Crippen LogP contribution in [-0.2, 0) is 13.1 Å². The summed E-state index contributed by atoms with van der Waals surface area (Å²) in [4.78, 5) is 11.2. The monoisotopic (exact) mass is 454 g/mol. The highest BCUT2D eigenvalue weighted by molar-refractivity contribution is 14.0. The molecule has 0 unspecified atom stereocenters. The topological polar surface area (TPSA) is 49.8 Å². The lowest BCUT2D eigenvalue weighted by Crippen LogP contribution is -2.38. The number of nitrogens with one attached hydrogen (secondary N) is 1. The number of pyridine rings is 1. The SMILES string of the molecule is CCNC(=NCc1ncccc1C)N(C)Cc1ccc(OC)cc1.I. The number of aryl methyl sites for hydroxylation is 1. The number of hydrogen-bond donors (Lipinski definition) is 1. The van der Waals surface area contributed by atoms with E-state index in [0.29, 0.717) is 6.54 Å². The Kier molecular flexibility index (Phi) is 9.26. The minimum atomic E-state index is 0. The first-order chi connectivity index (χ1) is 11.6. The molecule has 1 aromatic heterocycles. The number of halogens is 1. The lowest BCUT2D eigenvalue weighted by atomic mass is 10.2. The first-order valence-corrected chi connectivity index (χ1v) is 8.17. The molecule has 5 nitrogen and oxygen atoms in total. The van der Waals surface area contributed by atoms with Gasteiger partial charge in [0.25, 0.3) is 0 Å². The van der Waals surface area contributed by atoms with Crippen molar-refractivity contribution >= 4 is 29.9 Å². The molecule has 136 valence electrons. The van der Waals surface area contributed by atoms with Crippen molar-refractivity contribution in [3.05, 3.63) is 59.4 Å². The summed E-state index contributed by atoms with van der Waals surface area (Å²) in [7, 11) is 3.72. The summed E-state index contributed by atoms with van der Waals surface area (Å²) in [5, 5.41) is 3.34. The van der Waals surface area contributed by atoms with Crippen LogP contribution in [0.5, 0.6) is 5.75 Å². The molecule has 0 amide bonds. The minimum Gasteiger partial charge on any atom is -0.497 e. The van der Waals surface area contributed by atoms with Gasteiger partial charge in [0.15, 0.2) is 5.96 Å². The van der Waals surface area contributed by atoms with Crippen molar-refractivity contribution in [1.82, 2.24) is 15.2 Å². The molecule has 0 fully saturated rings. The van der Waals surface area contributed by atoms with E-state index in [1.807, 2.05) is 31.4 Å². The lowest BCUT2D eigenvalue weighted by Gasteiger charge is -2.22. The third-order valence-electron chi connectivity index (χ3n) is 3.77. The van der Waals surface area contributed by atoms with Crippen LogP contribution in [0.4, 0.5) is 0 Å². The quantitative estimate of drug-likeness (QED) is 0.412. The van der Waals surface area contributed by atoms with Crippen molar-refractivity contribution in [2.75, 3.05) is 20.7 Å². The van der Waals surface area contributed by atoms with Crippen LogP contribution in [0, 0.1) is 6.92 Å². The molecule has 0 radical (unpaired) electrons. The minimum absolute atomic E-state index is 0. The highest BCUT2D eigenvalue weighted by Crippen LogP contribution is 2.13. The van der Waals surface area contributed by atoms with Gasteiger partial charge >= 0.3 is 0 Å². The van der Waals surface area contributed by atoms with Gasteiger partial charge in [-0.1, -0.05) is 18.2 Å².